The number of urea groups is 1. The normalized spacial score (nSPS) is 15.2. The Morgan fingerprint density at radius 2 is 2.10 bits per heavy atom. The molecule has 0 bridgehead atoms. The number of methoxy groups -OCH3 is 1. The summed E-state index contributed by atoms with van der Waals surface area (Å²) < 4.78 is 31.1. The molecule has 1 fully saturated rings. The van der Waals surface area contributed by atoms with E-state index in [4.69, 9.17) is 0 Å². The summed E-state index contributed by atoms with van der Waals surface area (Å²) in [7, 11) is 1.27. The lowest BCUT2D eigenvalue weighted by Gasteiger charge is -2.17. The first-order valence-electron chi connectivity index (χ1n) is 6.59. The summed E-state index contributed by atoms with van der Waals surface area (Å²) in [5.74, 6) is -2.37. The van der Waals surface area contributed by atoms with Crippen LogP contribution >= 0.6 is 0 Å². The van der Waals surface area contributed by atoms with Gasteiger partial charge in [0.05, 0.1) is 19.2 Å². The molecule has 1 saturated carbocycles. The summed E-state index contributed by atoms with van der Waals surface area (Å²) >= 11 is 0. The van der Waals surface area contributed by atoms with Gasteiger partial charge in [-0.3, -0.25) is 4.79 Å². The molecule has 114 valence electrons. The van der Waals surface area contributed by atoms with Gasteiger partial charge in [-0.15, -0.1) is 0 Å². The number of rotatable bonds is 5. The van der Waals surface area contributed by atoms with Crippen LogP contribution in [0, 0.1) is 17.6 Å². The first-order valence-corrected chi connectivity index (χ1v) is 6.59. The molecule has 1 aliphatic rings. The topological polar surface area (TPSA) is 67.4 Å². The first-order chi connectivity index (χ1) is 10.0. The Hall–Kier alpha value is -2.18. The predicted octanol–water partition coefficient (Wildman–Crippen LogP) is 2.43. The largest absolute Gasteiger partial charge is 0.469 e. The van der Waals surface area contributed by atoms with Crippen LogP contribution in [0.1, 0.15) is 19.3 Å². The third-order valence-corrected chi connectivity index (χ3v) is 3.32. The molecule has 2 rings (SSSR count). The van der Waals surface area contributed by atoms with E-state index in [-0.39, 0.29) is 24.1 Å². The van der Waals surface area contributed by atoms with E-state index in [1.54, 1.807) is 0 Å². The third-order valence-electron chi connectivity index (χ3n) is 3.32. The second kappa shape index (κ2) is 6.51. The van der Waals surface area contributed by atoms with Crippen LogP contribution in [-0.2, 0) is 9.53 Å². The molecule has 5 nitrogen and oxygen atoms in total. The van der Waals surface area contributed by atoms with Crippen LogP contribution < -0.4 is 10.6 Å². The summed E-state index contributed by atoms with van der Waals surface area (Å²) in [5, 5.41) is 4.84. The fourth-order valence-electron chi connectivity index (χ4n) is 2.02. The molecule has 0 heterocycles. The summed E-state index contributed by atoms with van der Waals surface area (Å²) in [6.07, 6.45) is 1.88. The van der Waals surface area contributed by atoms with Crippen molar-refractivity contribution in [1.29, 1.82) is 0 Å². The first kappa shape index (κ1) is 15.2. The highest BCUT2D eigenvalue weighted by Crippen LogP contribution is 2.34. The average molecular weight is 298 g/mol. The molecule has 7 heteroatoms. The molecule has 2 amide bonds. The van der Waals surface area contributed by atoms with Gasteiger partial charge in [0.15, 0.2) is 11.6 Å². The van der Waals surface area contributed by atoms with Crippen LogP contribution in [0.2, 0.25) is 0 Å². The Labute approximate surface area is 120 Å². The fraction of sp³-hybridized carbons (Fsp3) is 0.429. The van der Waals surface area contributed by atoms with Crippen molar-refractivity contribution >= 4 is 17.7 Å². The highest BCUT2D eigenvalue weighted by atomic mass is 19.2. The average Bonchev–Trinajstić information content (AvgIpc) is 3.27. The Balaban J connectivity index is 1.96. The molecule has 1 atom stereocenters. The molecule has 0 spiro atoms. The minimum atomic E-state index is -1.12. The lowest BCUT2D eigenvalue weighted by atomic mass is 10.1. The van der Waals surface area contributed by atoms with Gasteiger partial charge in [-0.05, 0) is 30.9 Å². The maximum Gasteiger partial charge on any atom is 0.319 e. The zero-order valence-corrected chi connectivity index (χ0v) is 11.5. The number of hydrogen-bond acceptors (Lipinski definition) is 3. The van der Waals surface area contributed by atoms with E-state index in [0.717, 1.165) is 18.9 Å². The van der Waals surface area contributed by atoms with E-state index in [0.29, 0.717) is 0 Å². The molecule has 1 unspecified atom stereocenters. The zero-order chi connectivity index (χ0) is 15.4. The predicted molar refractivity (Wildman–Crippen MR) is 71.7 cm³/mol. The molecule has 1 aromatic rings. The molecular weight excluding hydrogens is 282 g/mol. The van der Waals surface area contributed by atoms with Gasteiger partial charge >= 0.3 is 12.0 Å². The molecule has 2 N–H and O–H groups in total. The van der Waals surface area contributed by atoms with Gasteiger partial charge in [0, 0.05) is 6.04 Å². The lowest BCUT2D eigenvalue weighted by molar-refractivity contribution is -0.141. The van der Waals surface area contributed by atoms with Gasteiger partial charge in [0.1, 0.15) is 0 Å². The molecule has 0 saturated heterocycles. The smallest absolute Gasteiger partial charge is 0.319 e. The van der Waals surface area contributed by atoms with E-state index in [9.17, 15) is 18.4 Å². The number of ether oxygens (including phenoxy) is 1. The highest BCUT2D eigenvalue weighted by Gasteiger charge is 2.34. The van der Waals surface area contributed by atoms with Gasteiger partial charge in [-0.25, -0.2) is 13.6 Å². The van der Waals surface area contributed by atoms with Gasteiger partial charge < -0.3 is 15.4 Å². The number of anilines is 1. The van der Waals surface area contributed by atoms with Gasteiger partial charge in [0.25, 0.3) is 0 Å². The van der Waals surface area contributed by atoms with E-state index in [1.165, 1.54) is 19.2 Å². The maximum atomic E-state index is 13.4. The fourth-order valence-corrected chi connectivity index (χ4v) is 2.02. The molecule has 1 aliphatic carbocycles. The van der Waals surface area contributed by atoms with Crippen molar-refractivity contribution in [3.63, 3.8) is 0 Å². The monoisotopic (exact) mass is 298 g/mol. The number of esters is 1. The number of carbonyl (C=O) groups excluding carboxylic acids is 2. The number of hydrogen-bond donors (Lipinski definition) is 2. The standard InChI is InChI=1S/C14H16F2N2O3/c1-21-12(19)7-11(8-5-6-8)18-14(20)17-10-4-2-3-9(15)13(10)16/h2-4,8,11H,5-7H2,1H3,(H2,17,18,20). The summed E-state index contributed by atoms with van der Waals surface area (Å²) in [6.45, 7) is 0. The number of amides is 2. The minimum Gasteiger partial charge on any atom is -0.469 e. The Bertz CT molecular complexity index is 547. The van der Waals surface area contributed by atoms with E-state index >= 15 is 0 Å². The number of benzene rings is 1. The van der Waals surface area contributed by atoms with E-state index in [1.807, 2.05) is 0 Å². The van der Waals surface area contributed by atoms with Crippen LogP contribution in [0.15, 0.2) is 18.2 Å². The second-order valence-electron chi connectivity index (χ2n) is 4.92. The van der Waals surface area contributed by atoms with Gasteiger partial charge in [0.2, 0.25) is 0 Å². The van der Waals surface area contributed by atoms with Crippen molar-refractivity contribution < 1.29 is 23.1 Å². The van der Waals surface area contributed by atoms with Crippen molar-refractivity contribution in [2.45, 2.75) is 25.3 Å². The summed E-state index contributed by atoms with van der Waals surface area (Å²) in [4.78, 5) is 23.1. The van der Waals surface area contributed by atoms with E-state index in [2.05, 4.69) is 15.4 Å². The quantitative estimate of drug-likeness (QED) is 0.820. The number of halogens is 2. The van der Waals surface area contributed by atoms with Crippen molar-refractivity contribution in [3.05, 3.63) is 29.8 Å². The van der Waals surface area contributed by atoms with Gasteiger partial charge in [-0.2, -0.15) is 0 Å². The summed E-state index contributed by atoms with van der Waals surface area (Å²) in [6, 6.07) is 2.46. The third kappa shape index (κ3) is 4.14. The number of carbonyl (C=O) groups is 2. The zero-order valence-electron chi connectivity index (χ0n) is 11.5. The SMILES string of the molecule is COC(=O)CC(NC(=O)Nc1cccc(F)c1F)C1CC1. The Morgan fingerprint density at radius 3 is 2.71 bits per heavy atom. The molecule has 0 aliphatic heterocycles. The van der Waals surface area contributed by atoms with Crippen molar-refractivity contribution in [3.8, 4) is 0 Å². The molecular formula is C14H16F2N2O3. The van der Waals surface area contributed by atoms with Crippen molar-refractivity contribution in [2.24, 2.45) is 5.92 Å². The Morgan fingerprint density at radius 1 is 1.38 bits per heavy atom. The van der Waals surface area contributed by atoms with Crippen LogP contribution in [-0.4, -0.2) is 25.2 Å². The minimum absolute atomic E-state index is 0.0558. The van der Waals surface area contributed by atoms with Crippen LogP contribution in [0.25, 0.3) is 0 Å². The van der Waals surface area contributed by atoms with Crippen LogP contribution in [0.4, 0.5) is 19.3 Å². The number of nitrogens with one attached hydrogen (secondary N) is 2. The van der Waals surface area contributed by atoms with Crippen LogP contribution in [0.3, 0.4) is 0 Å². The van der Waals surface area contributed by atoms with Gasteiger partial charge in [-0.1, -0.05) is 6.07 Å². The van der Waals surface area contributed by atoms with Crippen molar-refractivity contribution in [2.75, 3.05) is 12.4 Å². The van der Waals surface area contributed by atoms with Crippen LogP contribution in [0.5, 0.6) is 0 Å². The van der Waals surface area contributed by atoms with Crippen molar-refractivity contribution in [1.82, 2.24) is 5.32 Å². The van der Waals surface area contributed by atoms with E-state index < -0.39 is 23.6 Å². The molecule has 0 aromatic heterocycles. The summed E-state index contributed by atoms with van der Waals surface area (Å²) in [5.41, 5.74) is -0.250. The lowest BCUT2D eigenvalue weighted by Crippen LogP contribution is -2.41. The molecule has 21 heavy (non-hydrogen) atoms. The Kier molecular flexibility index (Phi) is 4.72. The second-order valence-corrected chi connectivity index (χ2v) is 4.92. The highest BCUT2D eigenvalue weighted by molar-refractivity contribution is 5.90. The maximum absolute atomic E-state index is 13.4. The molecule has 1 aromatic carbocycles. The molecule has 0 radical (unpaired) electrons.